The van der Waals surface area contributed by atoms with E-state index in [4.69, 9.17) is 10.2 Å². The van der Waals surface area contributed by atoms with Gasteiger partial charge in [0.05, 0.1) is 11.2 Å². The van der Waals surface area contributed by atoms with Crippen molar-refractivity contribution in [1.29, 1.82) is 0 Å². The zero-order chi connectivity index (χ0) is 19.1. The Hall–Kier alpha value is -0.970. The highest BCUT2D eigenvalue weighted by atomic mass is 17.6. The van der Waals surface area contributed by atoms with Crippen molar-refractivity contribution >= 4 is 6.16 Å². The van der Waals surface area contributed by atoms with Crippen LogP contribution in [0.25, 0.3) is 0 Å². The van der Waals surface area contributed by atoms with Gasteiger partial charge in [-0.15, -0.1) is 0 Å². The van der Waals surface area contributed by atoms with Gasteiger partial charge in [-0.05, 0) is 64.5 Å². The van der Waals surface area contributed by atoms with Gasteiger partial charge in [0.2, 0.25) is 0 Å². The van der Waals surface area contributed by atoms with E-state index in [2.05, 4.69) is 29.6 Å². The van der Waals surface area contributed by atoms with E-state index in [9.17, 15) is 4.79 Å². The number of aliphatic hydroxyl groups excluding tert-OH is 2. The molecule has 0 aliphatic carbocycles. The lowest BCUT2D eigenvalue weighted by Gasteiger charge is -2.16. The highest BCUT2D eigenvalue weighted by molar-refractivity contribution is 5.57. The molecule has 0 spiro atoms. The molecule has 9 heteroatoms. The van der Waals surface area contributed by atoms with E-state index in [-0.39, 0.29) is 13.2 Å². The van der Waals surface area contributed by atoms with Gasteiger partial charge in [0.25, 0.3) is 0 Å². The zero-order valence-corrected chi connectivity index (χ0v) is 15.5. The van der Waals surface area contributed by atoms with Crippen molar-refractivity contribution in [3.63, 3.8) is 0 Å². The largest absolute Gasteiger partial charge is 0.577 e. The number of hydrogen-bond acceptors (Lipinski definition) is 9. The van der Waals surface area contributed by atoms with E-state index in [1.807, 2.05) is 0 Å². The summed E-state index contributed by atoms with van der Waals surface area (Å²) in [6.45, 7) is 10.8. The van der Waals surface area contributed by atoms with E-state index in [1.165, 1.54) is 0 Å². The van der Waals surface area contributed by atoms with Crippen LogP contribution in [0.4, 0.5) is 4.79 Å². The normalized spacial score (nSPS) is 11.5. The molecule has 0 aromatic rings. The van der Waals surface area contributed by atoms with Crippen molar-refractivity contribution in [3.8, 4) is 0 Å². The Morgan fingerprint density at radius 1 is 0.708 bits per heavy atom. The monoisotopic (exact) mass is 356 g/mol. The molecule has 0 aromatic carbocycles. The van der Waals surface area contributed by atoms with Crippen LogP contribution in [0.1, 0.15) is 67.2 Å². The van der Waals surface area contributed by atoms with Crippen LogP contribution in [0.2, 0.25) is 0 Å². The van der Waals surface area contributed by atoms with Crippen LogP contribution in [0.5, 0.6) is 0 Å². The van der Waals surface area contributed by atoms with Gasteiger partial charge < -0.3 is 10.2 Å². The number of carbonyl (C=O) groups excluding carboxylic acids is 1. The molecule has 0 fully saturated rings. The second kappa shape index (κ2) is 14.4. The SMILES string of the molecule is CC(C)(C)OOOC(=O)OOOC(C)(C)C.OCCCCCCO. The van der Waals surface area contributed by atoms with Crippen LogP contribution < -0.4 is 0 Å². The van der Waals surface area contributed by atoms with Gasteiger partial charge >= 0.3 is 6.16 Å². The fourth-order valence-electron chi connectivity index (χ4n) is 0.885. The molecule has 0 rings (SSSR count). The molecule has 9 nitrogen and oxygen atoms in total. The minimum Gasteiger partial charge on any atom is -0.396 e. The van der Waals surface area contributed by atoms with Crippen LogP contribution >= 0.6 is 0 Å². The van der Waals surface area contributed by atoms with Crippen molar-refractivity contribution in [2.75, 3.05) is 13.2 Å². The van der Waals surface area contributed by atoms with Crippen molar-refractivity contribution in [2.24, 2.45) is 0 Å². The van der Waals surface area contributed by atoms with Gasteiger partial charge in [0.1, 0.15) is 0 Å². The first kappa shape index (κ1) is 25.3. The minimum atomic E-state index is -1.24. The maximum Gasteiger partial charge on any atom is 0.577 e. The van der Waals surface area contributed by atoms with Crippen molar-refractivity contribution in [1.82, 2.24) is 0 Å². The van der Waals surface area contributed by atoms with Gasteiger partial charge in [0.15, 0.2) is 0 Å². The molecular weight excluding hydrogens is 324 g/mol. The molecule has 24 heavy (non-hydrogen) atoms. The average molecular weight is 356 g/mol. The molecule has 0 heterocycles. The number of hydrogen-bond donors (Lipinski definition) is 2. The molecular formula is C15H32O9. The zero-order valence-electron chi connectivity index (χ0n) is 15.5. The van der Waals surface area contributed by atoms with E-state index < -0.39 is 17.4 Å². The highest BCUT2D eigenvalue weighted by Crippen LogP contribution is 2.09. The van der Waals surface area contributed by atoms with Gasteiger partial charge in [-0.3, -0.25) is 0 Å². The van der Waals surface area contributed by atoms with Crippen LogP contribution in [0.3, 0.4) is 0 Å². The Kier molecular flexibility index (Phi) is 15.1. The summed E-state index contributed by atoms with van der Waals surface area (Å²) >= 11 is 0. The van der Waals surface area contributed by atoms with E-state index >= 15 is 0 Å². The lowest BCUT2D eigenvalue weighted by molar-refractivity contribution is -0.552. The maximum atomic E-state index is 10.8. The standard InChI is InChI=1S/C9H18O7.C6H14O2/c1-8(2,3)13-15-11-7(10)12-16-14-9(4,5)6;7-5-3-1-2-4-6-8/h1-6H3;7-8H,1-6H2. The summed E-state index contributed by atoms with van der Waals surface area (Å²) in [4.78, 5) is 28.1. The molecule has 0 bridgehead atoms. The molecule has 0 saturated carbocycles. The average Bonchev–Trinajstić information content (AvgIpc) is 2.41. The van der Waals surface area contributed by atoms with Crippen LogP contribution in [0.15, 0.2) is 0 Å². The van der Waals surface area contributed by atoms with E-state index in [1.54, 1.807) is 41.5 Å². The summed E-state index contributed by atoms with van der Waals surface area (Å²) in [5.41, 5.74) is -1.22. The Balaban J connectivity index is 0. The van der Waals surface area contributed by atoms with Gasteiger partial charge in [0, 0.05) is 13.2 Å². The Morgan fingerprint density at radius 3 is 1.29 bits per heavy atom. The molecule has 146 valence electrons. The molecule has 0 aliphatic rings. The molecule has 0 radical (unpaired) electrons. The van der Waals surface area contributed by atoms with Gasteiger partial charge in [-0.2, -0.15) is 14.6 Å². The first-order valence-corrected chi connectivity index (χ1v) is 7.82. The molecule has 0 saturated heterocycles. The van der Waals surface area contributed by atoms with Gasteiger partial charge in [-0.1, -0.05) is 12.8 Å². The topological polar surface area (TPSA) is 113 Å². The van der Waals surface area contributed by atoms with Crippen molar-refractivity contribution < 1.29 is 44.6 Å². The first-order chi connectivity index (χ1) is 11.0. The molecule has 2 N–H and O–H groups in total. The highest BCUT2D eigenvalue weighted by Gasteiger charge is 2.17. The Labute approximate surface area is 143 Å². The molecule has 0 aliphatic heterocycles. The van der Waals surface area contributed by atoms with Gasteiger partial charge in [-0.25, -0.2) is 9.78 Å². The molecule has 0 amide bonds. The fourth-order valence-corrected chi connectivity index (χ4v) is 0.885. The van der Waals surface area contributed by atoms with Crippen LogP contribution in [-0.2, 0) is 29.6 Å². The van der Waals surface area contributed by atoms with Crippen molar-refractivity contribution in [2.45, 2.75) is 78.4 Å². The molecule has 0 atom stereocenters. The quantitative estimate of drug-likeness (QED) is 0.365. The third-order valence-electron chi connectivity index (χ3n) is 1.84. The Bertz CT molecular complexity index is 266. The molecule has 0 aromatic heterocycles. The summed E-state index contributed by atoms with van der Waals surface area (Å²) in [5.74, 6) is 0. The summed E-state index contributed by atoms with van der Waals surface area (Å²) in [5, 5.41) is 24.9. The number of aliphatic hydroxyl groups is 2. The number of rotatable bonds is 9. The summed E-state index contributed by atoms with van der Waals surface area (Å²) in [6, 6.07) is 0. The predicted octanol–water partition coefficient (Wildman–Crippen LogP) is 2.99. The van der Waals surface area contributed by atoms with E-state index in [0.717, 1.165) is 25.7 Å². The first-order valence-electron chi connectivity index (χ1n) is 7.82. The number of carbonyl (C=O) groups is 1. The lowest BCUT2D eigenvalue weighted by atomic mass is 10.2. The maximum absolute atomic E-state index is 10.8. The van der Waals surface area contributed by atoms with Crippen LogP contribution in [-0.4, -0.2) is 40.8 Å². The predicted molar refractivity (Wildman–Crippen MR) is 84.1 cm³/mol. The second-order valence-corrected chi connectivity index (χ2v) is 6.81. The second-order valence-electron chi connectivity index (χ2n) is 6.81. The van der Waals surface area contributed by atoms with Crippen molar-refractivity contribution in [3.05, 3.63) is 0 Å². The third-order valence-corrected chi connectivity index (χ3v) is 1.84. The summed E-state index contributed by atoms with van der Waals surface area (Å²) < 4.78 is 0. The summed E-state index contributed by atoms with van der Waals surface area (Å²) in [6.07, 6.45) is 2.59. The minimum absolute atomic E-state index is 0.283. The summed E-state index contributed by atoms with van der Waals surface area (Å²) in [7, 11) is 0. The smallest absolute Gasteiger partial charge is 0.396 e. The third kappa shape index (κ3) is 26.0. The fraction of sp³-hybridized carbons (Fsp3) is 0.933. The Morgan fingerprint density at radius 2 is 1.04 bits per heavy atom. The van der Waals surface area contributed by atoms with E-state index in [0.29, 0.717) is 0 Å². The molecule has 0 unspecified atom stereocenters. The van der Waals surface area contributed by atoms with Crippen LogP contribution in [0, 0.1) is 0 Å². The lowest BCUT2D eigenvalue weighted by Crippen LogP contribution is -2.23. The number of unbranched alkanes of at least 4 members (excludes halogenated alkanes) is 3.